The molecule has 0 amide bonds. The minimum atomic E-state index is -3.94. The number of carboxylic acid groups (broad SMARTS) is 1. The van der Waals surface area contributed by atoms with Gasteiger partial charge in [0, 0.05) is 13.0 Å². The molecule has 0 fully saturated rings. The Bertz CT molecular complexity index is 649. The number of halogens is 2. The molecule has 0 aliphatic heterocycles. The Hall–Kier alpha value is -1.26. The second-order valence-electron chi connectivity index (χ2n) is 3.42. The summed E-state index contributed by atoms with van der Waals surface area (Å²) in [5, 5.41) is 8.59. The van der Waals surface area contributed by atoms with Gasteiger partial charge in [-0.05, 0) is 12.1 Å². The third-order valence-electron chi connectivity index (χ3n) is 2.10. The molecule has 0 atom stereocenters. The van der Waals surface area contributed by atoms with Gasteiger partial charge in [0.2, 0.25) is 10.0 Å². The van der Waals surface area contributed by atoms with E-state index in [9.17, 15) is 13.2 Å². The Labute approximate surface area is 120 Å². The molecule has 0 heterocycles. The molecule has 0 spiro atoms. The molecule has 19 heavy (non-hydrogen) atoms. The number of aromatic carboxylic acids is 1. The highest BCUT2D eigenvalue weighted by Crippen LogP contribution is 2.28. The van der Waals surface area contributed by atoms with E-state index in [-0.39, 0.29) is 33.5 Å². The SMILES string of the molecule is C#CCCNS(=O)(=O)c1cc(C(=O)O)c(Cl)cc1Cl. The molecule has 0 bridgehead atoms. The molecule has 0 aromatic heterocycles. The van der Waals surface area contributed by atoms with Crippen molar-refractivity contribution < 1.29 is 18.3 Å². The fourth-order valence-electron chi connectivity index (χ4n) is 1.23. The van der Waals surface area contributed by atoms with E-state index in [4.69, 9.17) is 34.7 Å². The number of hydrogen-bond donors (Lipinski definition) is 2. The van der Waals surface area contributed by atoms with Gasteiger partial charge in [0.25, 0.3) is 0 Å². The van der Waals surface area contributed by atoms with Crippen molar-refractivity contribution in [3.63, 3.8) is 0 Å². The van der Waals surface area contributed by atoms with Crippen LogP contribution in [0.25, 0.3) is 0 Å². The number of terminal acetylenes is 1. The molecule has 0 aliphatic rings. The molecular weight excluding hydrogens is 313 g/mol. The van der Waals surface area contributed by atoms with Crippen LogP contribution in [0, 0.1) is 12.3 Å². The maximum atomic E-state index is 11.9. The predicted molar refractivity (Wildman–Crippen MR) is 72.1 cm³/mol. The van der Waals surface area contributed by atoms with Crippen molar-refractivity contribution in [2.75, 3.05) is 6.54 Å². The summed E-state index contributed by atoms with van der Waals surface area (Å²) >= 11 is 11.4. The summed E-state index contributed by atoms with van der Waals surface area (Å²) < 4.78 is 26.0. The number of hydrogen-bond acceptors (Lipinski definition) is 3. The van der Waals surface area contributed by atoms with Crippen LogP contribution in [-0.2, 0) is 10.0 Å². The average molecular weight is 322 g/mol. The minimum Gasteiger partial charge on any atom is -0.478 e. The van der Waals surface area contributed by atoms with Gasteiger partial charge < -0.3 is 5.11 Å². The quantitative estimate of drug-likeness (QED) is 0.641. The van der Waals surface area contributed by atoms with Crippen molar-refractivity contribution in [2.45, 2.75) is 11.3 Å². The van der Waals surface area contributed by atoms with Crippen LogP contribution in [0.15, 0.2) is 17.0 Å². The fraction of sp³-hybridized carbons (Fsp3) is 0.182. The van der Waals surface area contributed by atoms with Crippen LogP contribution in [0.4, 0.5) is 0 Å². The second-order valence-corrected chi connectivity index (χ2v) is 5.97. The number of rotatable bonds is 5. The largest absolute Gasteiger partial charge is 0.478 e. The Morgan fingerprint density at radius 3 is 2.53 bits per heavy atom. The van der Waals surface area contributed by atoms with Crippen LogP contribution in [0.3, 0.4) is 0 Å². The highest BCUT2D eigenvalue weighted by Gasteiger charge is 2.21. The van der Waals surface area contributed by atoms with Gasteiger partial charge in [-0.25, -0.2) is 17.9 Å². The Balaban J connectivity index is 3.24. The van der Waals surface area contributed by atoms with E-state index < -0.39 is 16.0 Å². The van der Waals surface area contributed by atoms with E-state index in [0.29, 0.717) is 0 Å². The Kier molecular flexibility index (Phi) is 5.20. The van der Waals surface area contributed by atoms with E-state index >= 15 is 0 Å². The lowest BCUT2D eigenvalue weighted by molar-refractivity contribution is 0.0697. The van der Waals surface area contributed by atoms with Gasteiger partial charge in [-0.3, -0.25) is 0 Å². The van der Waals surface area contributed by atoms with Crippen LogP contribution < -0.4 is 4.72 Å². The predicted octanol–water partition coefficient (Wildman–Crippen LogP) is 1.99. The van der Waals surface area contributed by atoms with Crippen LogP contribution in [-0.4, -0.2) is 26.0 Å². The highest BCUT2D eigenvalue weighted by molar-refractivity contribution is 7.89. The first-order chi connectivity index (χ1) is 8.79. The molecule has 1 rings (SSSR count). The van der Waals surface area contributed by atoms with Crippen LogP contribution >= 0.6 is 23.2 Å². The number of benzene rings is 1. The summed E-state index contributed by atoms with van der Waals surface area (Å²) in [6.07, 6.45) is 5.21. The van der Waals surface area contributed by atoms with E-state index in [2.05, 4.69) is 10.6 Å². The topological polar surface area (TPSA) is 83.5 Å². The lowest BCUT2D eigenvalue weighted by Gasteiger charge is -2.09. The van der Waals surface area contributed by atoms with Crippen LogP contribution in [0.2, 0.25) is 10.0 Å². The van der Waals surface area contributed by atoms with Crippen molar-refractivity contribution in [1.82, 2.24) is 4.72 Å². The lowest BCUT2D eigenvalue weighted by atomic mass is 10.2. The highest BCUT2D eigenvalue weighted by atomic mass is 35.5. The third-order valence-corrected chi connectivity index (χ3v) is 4.34. The van der Waals surface area contributed by atoms with Crippen molar-refractivity contribution in [2.24, 2.45) is 0 Å². The number of sulfonamides is 1. The third kappa shape index (κ3) is 3.85. The summed E-state index contributed by atoms with van der Waals surface area (Å²) in [7, 11) is -3.94. The van der Waals surface area contributed by atoms with E-state index in [0.717, 1.165) is 12.1 Å². The molecular formula is C11H9Cl2NO4S. The van der Waals surface area contributed by atoms with E-state index in [1.807, 2.05) is 0 Å². The Morgan fingerprint density at radius 1 is 1.37 bits per heavy atom. The Morgan fingerprint density at radius 2 is 2.00 bits per heavy atom. The smallest absolute Gasteiger partial charge is 0.337 e. The molecule has 102 valence electrons. The van der Waals surface area contributed by atoms with Crippen LogP contribution in [0.1, 0.15) is 16.8 Å². The number of carbonyl (C=O) groups is 1. The molecule has 0 radical (unpaired) electrons. The van der Waals surface area contributed by atoms with Crippen LogP contribution in [0.5, 0.6) is 0 Å². The van der Waals surface area contributed by atoms with E-state index in [1.165, 1.54) is 0 Å². The molecule has 1 aromatic rings. The first-order valence-corrected chi connectivity index (χ1v) is 7.19. The monoisotopic (exact) mass is 321 g/mol. The van der Waals surface area contributed by atoms with Crippen molar-refractivity contribution in [1.29, 1.82) is 0 Å². The normalized spacial score (nSPS) is 11.0. The second kappa shape index (κ2) is 6.26. The summed E-state index contributed by atoms with van der Waals surface area (Å²) in [6, 6.07) is 1.98. The molecule has 0 saturated heterocycles. The van der Waals surface area contributed by atoms with E-state index in [1.54, 1.807) is 0 Å². The fourth-order valence-corrected chi connectivity index (χ4v) is 3.12. The zero-order chi connectivity index (χ0) is 14.6. The van der Waals surface area contributed by atoms with Gasteiger partial charge in [0.05, 0.1) is 15.6 Å². The average Bonchev–Trinajstić information content (AvgIpc) is 2.28. The van der Waals surface area contributed by atoms with Crippen molar-refractivity contribution in [3.8, 4) is 12.3 Å². The molecule has 0 aliphatic carbocycles. The summed E-state index contributed by atoms with van der Waals surface area (Å²) in [4.78, 5) is 10.5. The molecule has 5 nitrogen and oxygen atoms in total. The zero-order valence-electron chi connectivity index (χ0n) is 9.48. The molecule has 0 saturated carbocycles. The zero-order valence-corrected chi connectivity index (χ0v) is 11.8. The van der Waals surface area contributed by atoms with Gasteiger partial charge in [0.15, 0.2) is 0 Å². The molecule has 8 heteroatoms. The minimum absolute atomic E-state index is 0.0280. The van der Waals surface area contributed by atoms with Crippen molar-refractivity contribution >= 4 is 39.2 Å². The summed E-state index contributed by atoms with van der Waals surface area (Å²) in [5.41, 5.74) is -0.344. The van der Waals surface area contributed by atoms with Gasteiger partial charge >= 0.3 is 5.97 Å². The van der Waals surface area contributed by atoms with Gasteiger partial charge in [-0.1, -0.05) is 23.2 Å². The summed E-state index contributed by atoms with van der Waals surface area (Å²) in [5.74, 6) is 0.924. The van der Waals surface area contributed by atoms with Crippen molar-refractivity contribution in [3.05, 3.63) is 27.7 Å². The first-order valence-electron chi connectivity index (χ1n) is 4.95. The maximum Gasteiger partial charge on any atom is 0.337 e. The maximum absolute atomic E-state index is 11.9. The summed E-state index contributed by atoms with van der Waals surface area (Å²) in [6.45, 7) is 0.0280. The molecule has 0 unspecified atom stereocenters. The number of carboxylic acids is 1. The molecule has 2 N–H and O–H groups in total. The molecule has 1 aromatic carbocycles. The van der Waals surface area contributed by atoms with Gasteiger partial charge in [-0.2, -0.15) is 0 Å². The lowest BCUT2D eigenvalue weighted by Crippen LogP contribution is -2.25. The number of nitrogens with one attached hydrogen (secondary N) is 1. The standard InChI is InChI=1S/C11H9Cl2NO4S/c1-2-3-4-14-19(17,18)10-5-7(11(15)16)8(12)6-9(10)13/h1,5-6,14H,3-4H2,(H,15,16). The van der Waals surface area contributed by atoms with Gasteiger partial charge in [-0.15, -0.1) is 12.3 Å². The first kappa shape index (κ1) is 15.8. The van der Waals surface area contributed by atoms with Gasteiger partial charge in [0.1, 0.15) is 4.90 Å².